The minimum atomic E-state index is 0.623. The van der Waals surface area contributed by atoms with Crippen molar-refractivity contribution in [3.63, 3.8) is 0 Å². The molecule has 0 N–H and O–H groups in total. The van der Waals surface area contributed by atoms with Gasteiger partial charge in [0, 0.05) is 49.6 Å². The molecule has 56 heavy (non-hydrogen) atoms. The van der Waals surface area contributed by atoms with Gasteiger partial charge in [0.1, 0.15) is 0 Å². The molecule has 11 aromatic rings. The van der Waals surface area contributed by atoms with Gasteiger partial charge in [-0.25, -0.2) is 15.0 Å². The smallest absolute Gasteiger partial charge is 0.164 e. The lowest BCUT2D eigenvalue weighted by atomic mass is 9.95. The first-order chi connectivity index (χ1) is 27.8. The largest absolute Gasteiger partial charge is 0.309 e. The van der Waals surface area contributed by atoms with Crippen LogP contribution in [0.3, 0.4) is 0 Å². The molecule has 0 bridgehead atoms. The fourth-order valence-electron chi connectivity index (χ4n) is 8.22. The zero-order valence-corrected chi connectivity index (χ0v) is 30.3. The van der Waals surface area contributed by atoms with Crippen LogP contribution in [-0.2, 0) is 0 Å². The number of hydrogen-bond acceptors (Lipinski definition) is 3. The van der Waals surface area contributed by atoms with Crippen LogP contribution in [0.5, 0.6) is 0 Å². The maximum Gasteiger partial charge on any atom is 0.164 e. The Balaban J connectivity index is 1.24. The van der Waals surface area contributed by atoms with Crippen LogP contribution in [0.25, 0.3) is 100 Å². The van der Waals surface area contributed by atoms with Gasteiger partial charge in [-0.1, -0.05) is 140 Å². The summed E-state index contributed by atoms with van der Waals surface area (Å²) in [7, 11) is 0. The molecule has 11 rings (SSSR count). The summed E-state index contributed by atoms with van der Waals surface area (Å²) in [5, 5.41) is 4.68. The molecule has 3 heterocycles. The monoisotopic (exact) mass is 715 g/mol. The van der Waals surface area contributed by atoms with Gasteiger partial charge in [-0.3, -0.25) is 0 Å². The number of fused-ring (bicyclic) bond motifs is 6. The van der Waals surface area contributed by atoms with Crippen LogP contribution in [0.4, 0.5) is 0 Å². The lowest BCUT2D eigenvalue weighted by Gasteiger charge is -2.15. The minimum absolute atomic E-state index is 0.623. The summed E-state index contributed by atoms with van der Waals surface area (Å²) in [4.78, 5) is 15.6. The third-order valence-electron chi connectivity index (χ3n) is 10.8. The van der Waals surface area contributed by atoms with Crippen molar-refractivity contribution in [2.75, 3.05) is 0 Å². The van der Waals surface area contributed by atoms with E-state index < -0.39 is 0 Å². The van der Waals surface area contributed by atoms with Crippen LogP contribution < -0.4 is 0 Å². The average molecular weight is 716 g/mol. The Hall–Kier alpha value is -7.63. The lowest BCUT2D eigenvalue weighted by molar-refractivity contribution is 1.07. The first-order valence-electron chi connectivity index (χ1n) is 18.9. The molecule has 0 fully saturated rings. The fourth-order valence-corrected chi connectivity index (χ4v) is 8.22. The Morgan fingerprint density at radius 2 is 0.696 bits per heavy atom. The summed E-state index contributed by atoms with van der Waals surface area (Å²) in [6.45, 7) is 0. The van der Waals surface area contributed by atoms with Gasteiger partial charge in [0.15, 0.2) is 17.5 Å². The summed E-state index contributed by atoms with van der Waals surface area (Å²) in [6.07, 6.45) is 0. The van der Waals surface area contributed by atoms with Gasteiger partial charge in [0.25, 0.3) is 0 Å². The maximum atomic E-state index is 5.26. The molecule has 0 aliphatic heterocycles. The van der Waals surface area contributed by atoms with Crippen LogP contribution in [0.15, 0.2) is 200 Å². The molecule has 5 heteroatoms. The predicted molar refractivity (Wildman–Crippen MR) is 230 cm³/mol. The molecule has 5 nitrogen and oxygen atoms in total. The molecule has 0 spiro atoms. The minimum Gasteiger partial charge on any atom is -0.309 e. The molecule has 8 aromatic carbocycles. The van der Waals surface area contributed by atoms with E-state index in [1.165, 1.54) is 21.7 Å². The average Bonchev–Trinajstić information content (AvgIpc) is 3.79. The number of hydrogen-bond donors (Lipinski definition) is 0. The van der Waals surface area contributed by atoms with E-state index in [0.29, 0.717) is 17.5 Å². The maximum absolute atomic E-state index is 5.26. The van der Waals surface area contributed by atoms with E-state index >= 15 is 0 Å². The normalized spacial score (nSPS) is 11.6. The van der Waals surface area contributed by atoms with Crippen molar-refractivity contribution in [1.29, 1.82) is 0 Å². The third kappa shape index (κ3) is 5.21. The Kier molecular flexibility index (Phi) is 7.42. The van der Waals surface area contributed by atoms with E-state index in [-0.39, 0.29) is 0 Å². The second-order valence-corrected chi connectivity index (χ2v) is 14.1. The zero-order valence-electron chi connectivity index (χ0n) is 30.3. The highest BCUT2D eigenvalue weighted by Crippen LogP contribution is 2.42. The van der Waals surface area contributed by atoms with Gasteiger partial charge in [-0.2, -0.15) is 0 Å². The van der Waals surface area contributed by atoms with Gasteiger partial charge >= 0.3 is 0 Å². The molecule has 0 saturated carbocycles. The van der Waals surface area contributed by atoms with E-state index in [0.717, 1.165) is 61.1 Å². The summed E-state index contributed by atoms with van der Waals surface area (Å²) < 4.78 is 4.73. The first-order valence-corrected chi connectivity index (χ1v) is 18.9. The van der Waals surface area contributed by atoms with E-state index in [1.54, 1.807) is 0 Å². The highest BCUT2D eigenvalue weighted by molar-refractivity contribution is 6.14. The van der Waals surface area contributed by atoms with Crippen molar-refractivity contribution in [1.82, 2.24) is 24.1 Å². The summed E-state index contributed by atoms with van der Waals surface area (Å²) in [5.74, 6) is 1.89. The predicted octanol–water partition coefficient (Wildman–Crippen LogP) is 12.7. The van der Waals surface area contributed by atoms with Crippen LogP contribution in [0.1, 0.15) is 0 Å². The quantitative estimate of drug-likeness (QED) is 0.172. The van der Waals surface area contributed by atoms with Crippen molar-refractivity contribution >= 4 is 43.6 Å². The van der Waals surface area contributed by atoms with Gasteiger partial charge in [0.2, 0.25) is 0 Å². The molecule has 0 amide bonds. The Labute approximate surface area is 323 Å². The molecule has 0 saturated heterocycles. The van der Waals surface area contributed by atoms with E-state index in [9.17, 15) is 0 Å². The molecule has 262 valence electrons. The van der Waals surface area contributed by atoms with Gasteiger partial charge < -0.3 is 9.13 Å². The van der Waals surface area contributed by atoms with Crippen LogP contribution in [0, 0.1) is 0 Å². The fraction of sp³-hybridized carbons (Fsp3) is 0. The topological polar surface area (TPSA) is 48.5 Å². The van der Waals surface area contributed by atoms with Crippen molar-refractivity contribution in [3.05, 3.63) is 200 Å². The van der Waals surface area contributed by atoms with Crippen molar-refractivity contribution < 1.29 is 0 Å². The number of para-hydroxylation sites is 4. The Morgan fingerprint density at radius 3 is 1.25 bits per heavy atom. The molecule has 0 atom stereocenters. The number of aromatic nitrogens is 5. The van der Waals surface area contributed by atoms with Crippen LogP contribution >= 0.6 is 0 Å². The van der Waals surface area contributed by atoms with Gasteiger partial charge in [-0.05, 0) is 71.8 Å². The molecule has 0 aliphatic rings. The summed E-state index contributed by atoms with van der Waals surface area (Å²) in [5.41, 5.74) is 11.8. The van der Waals surface area contributed by atoms with Gasteiger partial charge in [0.05, 0.1) is 22.1 Å². The molecule has 3 aromatic heterocycles. The summed E-state index contributed by atoms with van der Waals surface area (Å²) in [6, 6.07) is 70.4. The number of benzene rings is 8. The Bertz CT molecular complexity index is 3160. The highest BCUT2D eigenvalue weighted by atomic mass is 15.0. The lowest BCUT2D eigenvalue weighted by Crippen LogP contribution is -2.01. The first kappa shape index (κ1) is 31.9. The summed E-state index contributed by atoms with van der Waals surface area (Å²) >= 11 is 0. The van der Waals surface area contributed by atoms with Gasteiger partial charge in [-0.15, -0.1) is 0 Å². The van der Waals surface area contributed by atoms with E-state index in [2.05, 4.69) is 173 Å². The standard InChI is InChI=1S/C51H33N5/c1-5-17-34(18-6-1)49-52-50(35-19-7-2-8-20-35)54-51(53-49)44-32-43-40-26-14-16-28-46(40)56(38-23-11-4-12-24-38)48(43)33-41(44)36-29-30-47-42(31-36)39-25-13-15-27-45(39)55(47)37-21-9-3-10-22-37/h1-33H. The van der Waals surface area contributed by atoms with E-state index in [1.807, 2.05) is 36.4 Å². The zero-order chi connectivity index (χ0) is 37.0. The van der Waals surface area contributed by atoms with E-state index in [4.69, 9.17) is 15.0 Å². The molecule has 0 unspecified atom stereocenters. The highest BCUT2D eigenvalue weighted by Gasteiger charge is 2.22. The van der Waals surface area contributed by atoms with Crippen molar-refractivity contribution in [2.45, 2.75) is 0 Å². The van der Waals surface area contributed by atoms with Crippen LogP contribution in [-0.4, -0.2) is 24.1 Å². The molecular weight excluding hydrogens is 683 g/mol. The molecular formula is C51H33N5. The second-order valence-electron chi connectivity index (χ2n) is 14.1. The molecule has 0 aliphatic carbocycles. The number of rotatable bonds is 6. The Morgan fingerprint density at radius 1 is 0.268 bits per heavy atom. The number of nitrogens with zero attached hydrogens (tertiary/aromatic N) is 5. The molecule has 0 radical (unpaired) electrons. The van der Waals surface area contributed by atoms with Crippen molar-refractivity contribution in [2.24, 2.45) is 0 Å². The third-order valence-corrected chi connectivity index (χ3v) is 10.8. The van der Waals surface area contributed by atoms with Crippen LogP contribution in [0.2, 0.25) is 0 Å². The SMILES string of the molecule is c1ccc(-c2nc(-c3ccccc3)nc(-c3cc4c5ccccc5n(-c5ccccc5)c4cc3-c3ccc4c(c3)c3ccccc3n4-c3ccccc3)n2)cc1. The second kappa shape index (κ2) is 13.0. The van der Waals surface area contributed by atoms with Crippen molar-refractivity contribution in [3.8, 4) is 56.7 Å².